The summed E-state index contributed by atoms with van der Waals surface area (Å²) < 4.78 is 68.8. The average Bonchev–Trinajstić information content (AvgIpc) is 3.14. The Morgan fingerprint density at radius 3 is 2.59 bits per heavy atom. The fraction of sp³-hybridized carbons (Fsp3) is 0.118. The van der Waals surface area contributed by atoms with Gasteiger partial charge in [-0.25, -0.2) is 13.1 Å². The molecular weight excluding hydrogens is 401 g/mol. The number of para-hydroxylation sites is 1. The Morgan fingerprint density at radius 1 is 1.11 bits per heavy atom. The monoisotopic (exact) mass is 414 g/mol. The number of aromatic nitrogens is 1. The van der Waals surface area contributed by atoms with Crippen LogP contribution in [0.3, 0.4) is 0 Å². The van der Waals surface area contributed by atoms with E-state index in [2.05, 4.69) is 14.4 Å². The number of hydrogen-bond acceptors (Lipinski definition) is 5. The van der Waals surface area contributed by atoms with Crippen molar-refractivity contribution in [3.05, 3.63) is 65.0 Å². The summed E-state index contributed by atoms with van der Waals surface area (Å²) in [6.07, 6.45) is -3.42. The molecule has 3 rings (SSSR count). The molecule has 10 heteroatoms. The lowest BCUT2D eigenvalue weighted by atomic mass is 10.1. The van der Waals surface area contributed by atoms with Gasteiger partial charge in [-0.2, -0.15) is 11.3 Å². The second-order valence-corrected chi connectivity index (χ2v) is 7.86. The number of nitrogens with zero attached hydrogens (tertiary/aromatic N) is 1. The van der Waals surface area contributed by atoms with Crippen molar-refractivity contribution in [2.45, 2.75) is 17.8 Å². The number of rotatable bonds is 6. The van der Waals surface area contributed by atoms with Crippen molar-refractivity contribution in [3.8, 4) is 17.0 Å². The summed E-state index contributed by atoms with van der Waals surface area (Å²) in [7, 11) is -4.25. The third kappa shape index (κ3) is 4.85. The van der Waals surface area contributed by atoms with E-state index in [4.69, 9.17) is 0 Å². The van der Waals surface area contributed by atoms with E-state index in [0.29, 0.717) is 11.3 Å². The number of hydrogen-bond donors (Lipinski definition) is 1. The van der Waals surface area contributed by atoms with E-state index in [1.165, 1.54) is 23.5 Å². The van der Waals surface area contributed by atoms with Crippen molar-refractivity contribution in [1.29, 1.82) is 0 Å². The number of benzene rings is 1. The van der Waals surface area contributed by atoms with Crippen molar-refractivity contribution in [2.75, 3.05) is 0 Å². The van der Waals surface area contributed by atoms with Crippen molar-refractivity contribution < 1.29 is 26.3 Å². The molecular formula is C17H13F3N2O3S2. The van der Waals surface area contributed by atoms with Crippen LogP contribution in [0.25, 0.3) is 11.3 Å². The van der Waals surface area contributed by atoms with Crippen LogP contribution >= 0.6 is 11.3 Å². The summed E-state index contributed by atoms with van der Waals surface area (Å²) in [4.78, 5) is 3.66. The summed E-state index contributed by atoms with van der Waals surface area (Å²) in [5.41, 5.74) is 2.02. The van der Waals surface area contributed by atoms with Gasteiger partial charge in [0.1, 0.15) is 10.6 Å². The van der Waals surface area contributed by atoms with Crippen LogP contribution in [0.5, 0.6) is 5.75 Å². The van der Waals surface area contributed by atoms with E-state index in [0.717, 1.165) is 17.7 Å². The molecule has 27 heavy (non-hydrogen) atoms. The Balaban J connectivity index is 1.86. The molecule has 0 aliphatic heterocycles. The van der Waals surface area contributed by atoms with Crippen LogP contribution in [0.1, 0.15) is 5.56 Å². The maximum absolute atomic E-state index is 12.5. The summed E-state index contributed by atoms with van der Waals surface area (Å²) in [6, 6.07) is 9.77. The quantitative estimate of drug-likeness (QED) is 0.657. The zero-order chi connectivity index (χ0) is 19.5. The van der Waals surface area contributed by atoms with Crippen LogP contribution in [0.2, 0.25) is 0 Å². The Kier molecular flexibility index (Phi) is 5.49. The fourth-order valence-corrected chi connectivity index (χ4v) is 4.15. The van der Waals surface area contributed by atoms with Crippen LogP contribution < -0.4 is 9.46 Å². The Labute approximate surface area is 157 Å². The summed E-state index contributed by atoms with van der Waals surface area (Å²) in [5, 5.41) is 3.73. The van der Waals surface area contributed by atoms with Crippen LogP contribution in [-0.2, 0) is 16.6 Å². The third-order valence-corrected chi connectivity index (χ3v) is 5.63. The number of alkyl halides is 3. The molecule has 0 saturated carbocycles. The van der Waals surface area contributed by atoms with E-state index < -0.39 is 27.0 Å². The highest BCUT2D eigenvalue weighted by atomic mass is 32.2. The molecule has 0 fully saturated rings. The Hall–Kier alpha value is -2.43. The van der Waals surface area contributed by atoms with E-state index in [1.807, 2.05) is 16.8 Å². The second-order valence-electron chi connectivity index (χ2n) is 5.34. The van der Waals surface area contributed by atoms with E-state index in [1.54, 1.807) is 18.3 Å². The highest BCUT2D eigenvalue weighted by Gasteiger charge is 2.34. The van der Waals surface area contributed by atoms with Gasteiger partial charge >= 0.3 is 6.36 Å². The molecule has 0 amide bonds. The van der Waals surface area contributed by atoms with Gasteiger partial charge in [0.2, 0.25) is 10.0 Å². The molecule has 2 aromatic heterocycles. The first-order chi connectivity index (χ1) is 12.8. The molecule has 1 aromatic carbocycles. The maximum atomic E-state index is 12.5. The van der Waals surface area contributed by atoms with E-state index >= 15 is 0 Å². The van der Waals surface area contributed by atoms with Gasteiger partial charge in [0.05, 0.1) is 5.69 Å². The predicted octanol–water partition coefficient (Wildman–Crippen LogP) is 4.19. The minimum Gasteiger partial charge on any atom is -0.404 e. The Morgan fingerprint density at radius 2 is 1.89 bits per heavy atom. The van der Waals surface area contributed by atoms with Crippen molar-refractivity contribution >= 4 is 21.4 Å². The zero-order valence-electron chi connectivity index (χ0n) is 13.6. The molecule has 0 aliphatic carbocycles. The summed E-state index contributed by atoms with van der Waals surface area (Å²) in [5.74, 6) is -0.790. The molecule has 142 valence electrons. The van der Waals surface area contributed by atoms with E-state index in [-0.39, 0.29) is 6.54 Å². The fourth-order valence-electron chi connectivity index (χ4n) is 2.37. The minimum atomic E-state index is -5.00. The minimum absolute atomic E-state index is 0.137. The predicted molar refractivity (Wildman–Crippen MR) is 94.7 cm³/mol. The molecule has 0 aliphatic rings. The van der Waals surface area contributed by atoms with Gasteiger partial charge < -0.3 is 4.74 Å². The SMILES string of the molecule is O=S(=O)(NCc1cccnc1-c1ccsc1)c1ccccc1OC(F)(F)F. The molecule has 0 unspecified atom stereocenters. The number of ether oxygens (including phenoxy) is 1. The highest BCUT2D eigenvalue weighted by Crippen LogP contribution is 2.30. The number of halogens is 3. The van der Waals surface area contributed by atoms with Crippen LogP contribution in [-0.4, -0.2) is 19.8 Å². The van der Waals surface area contributed by atoms with Gasteiger partial charge in [0.15, 0.2) is 0 Å². The maximum Gasteiger partial charge on any atom is 0.573 e. The molecule has 5 nitrogen and oxygen atoms in total. The van der Waals surface area contributed by atoms with E-state index in [9.17, 15) is 21.6 Å². The Bertz CT molecular complexity index is 1020. The van der Waals surface area contributed by atoms with Gasteiger partial charge in [0.25, 0.3) is 0 Å². The largest absolute Gasteiger partial charge is 0.573 e. The first-order valence-electron chi connectivity index (χ1n) is 7.57. The standard InChI is InChI=1S/C17H13F3N2O3S2/c18-17(19,20)25-14-5-1-2-6-15(14)27(23,24)22-10-12-4-3-8-21-16(12)13-7-9-26-11-13/h1-9,11,22H,10H2. The highest BCUT2D eigenvalue weighted by molar-refractivity contribution is 7.89. The smallest absolute Gasteiger partial charge is 0.404 e. The molecule has 0 radical (unpaired) electrons. The van der Waals surface area contributed by atoms with Gasteiger partial charge in [-0.3, -0.25) is 4.98 Å². The lowest BCUT2D eigenvalue weighted by Crippen LogP contribution is -2.26. The van der Waals surface area contributed by atoms with Crippen molar-refractivity contribution in [2.24, 2.45) is 0 Å². The average molecular weight is 414 g/mol. The number of pyridine rings is 1. The molecule has 1 N–H and O–H groups in total. The third-order valence-electron chi connectivity index (χ3n) is 3.50. The zero-order valence-corrected chi connectivity index (χ0v) is 15.2. The lowest BCUT2D eigenvalue weighted by molar-refractivity contribution is -0.275. The van der Waals surface area contributed by atoms with Gasteiger partial charge in [-0.1, -0.05) is 18.2 Å². The molecule has 2 heterocycles. The first kappa shape index (κ1) is 19.3. The van der Waals surface area contributed by atoms with Gasteiger partial charge in [-0.15, -0.1) is 13.2 Å². The molecule has 0 spiro atoms. The lowest BCUT2D eigenvalue weighted by Gasteiger charge is -2.14. The number of thiophene rings is 1. The summed E-state index contributed by atoms with van der Waals surface area (Å²) >= 11 is 1.47. The van der Waals surface area contributed by atoms with Crippen molar-refractivity contribution in [1.82, 2.24) is 9.71 Å². The second kappa shape index (κ2) is 7.67. The molecule has 0 atom stereocenters. The van der Waals surface area contributed by atoms with Crippen LogP contribution in [0.15, 0.2) is 64.3 Å². The van der Waals surface area contributed by atoms with Gasteiger partial charge in [0, 0.05) is 23.7 Å². The first-order valence-corrected chi connectivity index (χ1v) is 10.00. The summed E-state index contributed by atoms with van der Waals surface area (Å²) in [6.45, 7) is -0.137. The molecule has 0 saturated heterocycles. The molecule has 0 bridgehead atoms. The van der Waals surface area contributed by atoms with Crippen molar-refractivity contribution in [3.63, 3.8) is 0 Å². The van der Waals surface area contributed by atoms with Gasteiger partial charge in [-0.05, 0) is 35.2 Å². The van der Waals surface area contributed by atoms with Crippen LogP contribution in [0.4, 0.5) is 13.2 Å². The topological polar surface area (TPSA) is 68.3 Å². The normalized spacial score (nSPS) is 12.1. The van der Waals surface area contributed by atoms with Crippen LogP contribution in [0, 0.1) is 0 Å². The molecule has 3 aromatic rings. The number of nitrogens with one attached hydrogen (secondary N) is 1. The number of sulfonamides is 1.